The number of nitrogens with one attached hydrogen (secondary N) is 1. The van der Waals surface area contributed by atoms with E-state index in [-0.39, 0.29) is 0 Å². The maximum atomic E-state index is 9.25. The average molecular weight is 226 g/mol. The maximum Gasteiger partial charge on any atom is 0.0471 e. The molecule has 1 aliphatic heterocycles. The summed E-state index contributed by atoms with van der Waals surface area (Å²) in [6.45, 7) is 2.76. The highest BCUT2D eigenvalue weighted by atomic mass is 16.3. The molecule has 1 aliphatic carbocycles. The van der Waals surface area contributed by atoms with E-state index < -0.39 is 0 Å². The summed E-state index contributed by atoms with van der Waals surface area (Å²) in [5.74, 6) is 0.538. The van der Waals surface area contributed by atoms with Gasteiger partial charge in [-0.05, 0) is 58.0 Å². The van der Waals surface area contributed by atoms with Gasteiger partial charge in [0.25, 0.3) is 0 Å². The van der Waals surface area contributed by atoms with Crippen molar-refractivity contribution in [1.29, 1.82) is 0 Å². The second kappa shape index (κ2) is 5.99. The van der Waals surface area contributed by atoms with Crippen molar-refractivity contribution in [2.75, 3.05) is 26.7 Å². The number of rotatable bonds is 3. The minimum Gasteiger partial charge on any atom is -0.396 e. The quantitative estimate of drug-likeness (QED) is 0.759. The number of aliphatic hydroxyl groups is 1. The van der Waals surface area contributed by atoms with Gasteiger partial charge in [-0.15, -0.1) is 0 Å². The van der Waals surface area contributed by atoms with E-state index in [0.29, 0.717) is 12.5 Å². The number of hydrogen-bond donors (Lipinski definition) is 2. The molecule has 0 radical (unpaired) electrons. The summed E-state index contributed by atoms with van der Waals surface area (Å²) < 4.78 is 0. The first-order valence-corrected chi connectivity index (χ1v) is 6.85. The molecule has 1 saturated heterocycles. The van der Waals surface area contributed by atoms with Crippen LogP contribution in [0.25, 0.3) is 0 Å². The van der Waals surface area contributed by atoms with Crippen LogP contribution in [0, 0.1) is 5.92 Å². The van der Waals surface area contributed by atoms with E-state index in [1.54, 1.807) is 0 Å². The van der Waals surface area contributed by atoms with Gasteiger partial charge in [-0.25, -0.2) is 0 Å². The maximum absolute atomic E-state index is 9.25. The Labute approximate surface area is 99.2 Å². The molecule has 0 aromatic heterocycles. The molecule has 0 aromatic rings. The second-order valence-electron chi connectivity index (χ2n) is 5.48. The van der Waals surface area contributed by atoms with Crippen molar-refractivity contribution < 1.29 is 5.11 Å². The van der Waals surface area contributed by atoms with Gasteiger partial charge in [-0.1, -0.05) is 0 Å². The molecule has 0 bridgehead atoms. The van der Waals surface area contributed by atoms with Crippen LogP contribution < -0.4 is 5.32 Å². The molecule has 16 heavy (non-hydrogen) atoms. The van der Waals surface area contributed by atoms with Crippen LogP contribution in [0.4, 0.5) is 0 Å². The van der Waals surface area contributed by atoms with Crippen molar-refractivity contribution in [3.05, 3.63) is 0 Å². The Hall–Kier alpha value is -0.120. The van der Waals surface area contributed by atoms with Crippen LogP contribution in [0.2, 0.25) is 0 Å². The van der Waals surface area contributed by atoms with Crippen molar-refractivity contribution in [1.82, 2.24) is 10.2 Å². The zero-order valence-corrected chi connectivity index (χ0v) is 10.5. The Bertz CT molecular complexity index is 202. The zero-order chi connectivity index (χ0) is 11.4. The van der Waals surface area contributed by atoms with Gasteiger partial charge in [0.05, 0.1) is 0 Å². The third kappa shape index (κ3) is 2.96. The highest BCUT2D eigenvalue weighted by molar-refractivity contribution is 4.85. The van der Waals surface area contributed by atoms with Crippen LogP contribution in [-0.2, 0) is 0 Å². The monoisotopic (exact) mass is 226 g/mol. The highest BCUT2D eigenvalue weighted by Gasteiger charge is 2.28. The fourth-order valence-electron chi connectivity index (χ4n) is 3.31. The van der Waals surface area contributed by atoms with Crippen LogP contribution in [-0.4, -0.2) is 48.8 Å². The predicted molar refractivity (Wildman–Crippen MR) is 66.5 cm³/mol. The minimum absolute atomic E-state index is 0.377. The number of nitrogens with zero attached hydrogens (tertiary/aromatic N) is 1. The molecule has 3 nitrogen and oxygen atoms in total. The van der Waals surface area contributed by atoms with Crippen molar-refractivity contribution in [3.63, 3.8) is 0 Å². The van der Waals surface area contributed by atoms with E-state index in [1.165, 1.54) is 45.1 Å². The molecule has 1 atom stereocenters. The fourth-order valence-corrected chi connectivity index (χ4v) is 3.31. The van der Waals surface area contributed by atoms with Crippen LogP contribution in [0.3, 0.4) is 0 Å². The third-order valence-electron chi connectivity index (χ3n) is 4.43. The fraction of sp³-hybridized carbons (Fsp3) is 1.00. The van der Waals surface area contributed by atoms with E-state index in [0.717, 1.165) is 18.6 Å². The first-order valence-electron chi connectivity index (χ1n) is 6.85. The number of aliphatic hydroxyl groups excluding tert-OH is 1. The van der Waals surface area contributed by atoms with E-state index >= 15 is 0 Å². The molecular weight excluding hydrogens is 200 g/mol. The topological polar surface area (TPSA) is 35.5 Å². The smallest absolute Gasteiger partial charge is 0.0471 e. The molecule has 2 aliphatic rings. The van der Waals surface area contributed by atoms with E-state index in [9.17, 15) is 5.11 Å². The first kappa shape index (κ1) is 12.3. The second-order valence-corrected chi connectivity index (χ2v) is 5.48. The summed E-state index contributed by atoms with van der Waals surface area (Å²) in [4.78, 5) is 2.64. The van der Waals surface area contributed by atoms with Gasteiger partial charge in [0, 0.05) is 25.2 Å². The highest BCUT2D eigenvalue weighted by Crippen LogP contribution is 2.27. The van der Waals surface area contributed by atoms with Crippen LogP contribution in [0.5, 0.6) is 0 Å². The van der Waals surface area contributed by atoms with Gasteiger partial charge < -0.3 is 15.3 Å². The van der Waals surface area contributed by atoms with Gasteiger partial charge in [-0.2, -0.15) is 0 Å². The summed E-state index contributed by atoms with van der Waals surface area (Å²) in [5, 5.41) is 12.6. The van der Waals surface area contributed by atoms with E-state index in [2.05, 4.69) is 17.3 Å². The summed E-state index contributed by atoms with van der Waals surface area (Å²) in [7, 11) is 2.08. The SMILES string of the molecule is CNC1CCC(N2CCCC(CO)C2)CC1. The normalized spacial score (nSPS) is 37.5. The Morgan fingerprint density at radius 3 is 2.56 bits per heavy atom. The lowest BCUT2D eigenvalue weighted by molar-refractivity contribution is 0.0683. The van der Waals surface area contributed by atoms with Gasteiger partial charge in [0.1, 0.15) is 0 Å². The summed E-state index contributed by atoms with van der Waals surface area (Å²) in [6.07, 6.45) is 7.81. The standard InChI is InChI=1S/C13H26N2O/c1-14-12-4-6-13(7-5-12)15-8-2-3-11(9-15)10-16/h11-14,16H,2-10H2,1H3. The number of likely N-dealkylation sites (tertiary alicyclic amines) is 1. The molecule has 0 spiro atoms. The van der Waals surface area contributed by atoms with Gasteiger partial charge >= 0.3 is 0 Å². The minimum atomic E-state index is 0.377. The molecule has 0 amide bonds. The summed E-state index contributed by atoms with van der Waals surface area (Å²) in [6, 6.07) is 1.54. The van der Waals surface area contributed by atoms with Gasteiger partial charge in [0.2, 0.25) is 0 Å². The van der Waals surface area contributed by atoms with Crippen LogP contribution in [0.15, 0.2) is 0 Å². The third-order valence-corrected chi connectivity index (χ3v) is 4.43. The lowest BCUT2D eigenvalue weighted by Crippen LogP contribution is -2.46. The lowest BCUT2D eigenvalue weighted by Gasteiger charge is -2.41. The molecule has 3 heteroatoms. The summed E-state index contributed by atoms with van der Waals surface area (Å²) in [5.41, 5.74) is 0. The summed E-state index contributed by atoms with van der Waals surface area (Å²) >= 11 is 0. The largest absolute Gasteiger partial charge is 0.396 e. The zero-order valence-electron chi connectivity index (χ0n) is 10.5. The van der Waals surface area contributed by atoms with Crippen molar-refractivity contribution in [2.45, 2.75) is 50.6 Å². The molecular formula is C13H26N2O. The van der Waals surface area contributed by atoms with Crippen molar-refractivity contribution in [3.8, 4) is 0 Å². The van der Waals surface area contributed by atoms with Crippen molar-refractivity contribution >= 4 is 0 Å². The molecule has 2 fully saturated rings. The van der Waals surface area contributed by atoms with Gasteiger partial charge in [-0.3, -0.25) is 0 Å². The van der Waals surface area contributed by atoms with E-state index in [1.807, 2.05) is 0 Å². The average Bonchev–Trinajstić information content (AvgIpc) is 2.39. The molecule has 1 heterocycles. The molecule has 2 rings (SSSR count). The molecule has 2 N–H and O–H groups in total. The molecule has 1 unspecified atom stereocenters. The van der Waals surface area contributed by atoms with Crippen molar-refractivity contribution in [2.24, 2.45) is 5.92 Å². The predicted octanol–water partition coefficient (Wildman–Crippen LogP) is 1.22. The first-order chi connectivity index (χ1) is 7.83. The Morgan fingerprint density at radius 2 is 1.94 bits per heavy atom. The van der Waals surface area contributed by atoms with Crippen LogP contribution >= 0.6 is 0 Å². The Balaban J connectivity index is 1.79. The molecule has 0 aromatic carbocycles. The van der Waals surface area contributed by atoms with Crippen LogP contribution in [0.1, 0.15) is 38.5 Å². The Morgan fingerprint density at radius 1 is 1.19 bits per heavy atom. The Kier molecular flexibility index (Phi) is 4.62. The molecule has 1 saturated carbocycles. The van der Waals surface area contributed by atoms with Gasteiger partial charge in [0.15, 0.2) is 0 Å². The van der Waals surface area contributed by atoms with E-state index in [4.69, 9.17) is 0 Å². The lowest BCUT2D eigenvalue weighted by atomic mass is 9.88. The number of piperidine rings is 1. The number of hydrogen-bond acceptors (Lipinski definition) is 3. The molecule has 94 valence electrons.